The number of hydrogen-bond acceptors (Lipinski definition) is 4. The van der Waals surface area contributed by atoms with Crippen molar-refractivity contribution in [1.29, 1.82) is 0 Å². The Bertz CT molecular complexity index is 560. The van der Waals surface area contributed by atoms with Crippen LogP contribution in [0.15, 0.2) is 42.5 Å². The molecule has 2 aromatic rings. The van der Waals surface area contributed by atoms with Gasteiger partial charge in [-0.3, -0.25) is 4.79 Å². The number of hydrogen-bond donors (Lipinski definition) is 0. The fraction of sp³-hybridized carbons (Fsp3) is 0.312. The molecule has 0 fully saturated rings. The van der Waals surface area contributed by atoms with Gasteiger partial charge in [-0.1, -0.05) is 36.4 Å². The number of rotatable bonds is 7. The Morgan fingerprint density at radius 3 is 2.55 bits per heavy atom. The molecular weight excluding hydrogens is 256 g/mol. The molecule has 4 nitrogen and oxygen atoms in total. The molecule has 0 radical (unpaired) electrons. The Morgan fingerprint density at radius 1 is 0.950 bits per heavy atom. The standard InChI is InChI=1S/C16H18O4/c1-13(17)19-11-9-18-10-12-20-16-8-4-6-14-5-2-3-7-15(14)16/h2-8H,9-12H2,1H3. The third kappa shape index (κ3) is 4.24. The zero-order valence-corrected chi connectivity index (χ0v) is 11.5. The first-order valence-corrected chi connectivity index (χ1v) is 6.59. The van der Waals surface area contributed by atoms with Crippen LogP contribution in [0.1, 0.15) is 6.92 Å². The summed E-state index contributed by atoms with van der Waals surface area (Å²) in [5, 5.41) is 2.25. The second-order valence-electron chi connectivity index (χ2n) is 4.28. The lowest BCUT2D eigenvalue weighted by molar-refractivity contribution is -0.142. The fourth-order valence-corrected chi connectivity index (χ4v) is 1.88. The molecule has 0 saturated heterocycles. The van der Waals surface area contributed by atoms with Gasteiger partial charge in [-0.05, 0) is 11.5 Å². The van der Waals surface area contributed by atoms with Gasteiger partial charge in [-0.25, -0.2) is 0 Å². The zero-order chi connectivity index (χ0) is 14.2. The van der Waals surface area contributed by atoms with E-state index in [0.29, 0.717) is 19.8 Å². The maximum absolute atomic E-state index is 10.5. The molecule has 0 aromatic heterocycles. The molecule has 0 atom stereocenters. The van der Waals surface area contributed by atoms with Crippen LogP contribution >= 0.6 is 0 Å². The van der Waals surface area contributed by atoms with Crippen molar-refractivity contribution in [2.24, 2.45) is 0 Å². The maximum Gasteiger partial charge on any atom is 0.302 e. The molecule has 0 heterocycles. The van der Waals surface area contributed by atoms with Crippen molar-refractivity contribution >= 4 is 16.7 Å². The monoisotopic (exact) mass is 274 g/mol. The summed E-state index contributed by atoms with van der Waals surface area (Å²) in [5.74, 6) is 0.562. The van der Waals surface area contributed by atoms with Crippen molar-refractivity contribution in [2.75, 3.05) is 26.4 Å². The van der Waals surface area contributed by atoms with Gasteiger partial charge < -0.3 is 14.2 Å². The summed E-state index contributed by atoms with van der Waals surface area (Å²) < 4.78 is 15.8. The van der Waals surface area contributed by atoms with Crippen molar-refractivity contribution in [3.8, 4) is 5.75 Å². The molecule has 20 heavy (non-hydrogen) atoms. The van der Waals surface area contributed by atoms with Gasteiger partial charge in [0.05, 0.1) is 13.2 Å². The molecule has 0 amide bonds. The van der Waals surface area contributed by atoms with Gasteiger partial charge in [0.1, 0.15) is 19.0 Å². The summed E-state index contributed by atoms with van der Waals surface area (Å²) in [6, 6.07) is 14.1. The molecule has 0 aliphatic carbocycles. The van der Waals surface area contributed by atoms with Crippen LogP contribution in [0.25, 0.3) is 10.8 Å². The average Bonchev–Trinajstić information content (AvgIpc) is 2.46. The van der Waals surface area contributed by atoms with Crippen LogP contribution in [-0.4, -0.2) is 32.4 Å². The normalized spacial score (nSPS) is 10.4. The first kappa shape index (κ1) is 14.3. The summed E-state index contributed by atoms with van der Waals surface area (Å²) in [6.45, 7) is 2.98. The predicted octanol–water partition coefficient (Wildman–Crippen LogP) is 2.80. The molecule has 0 aliphatic rings. The van der Waals surface area contributed by atoms with E-state index in [1.807, 2.05) is 30.3 Å². The number of benzene rings is 2. The lowest BCUT2D eigenvalue weighted by atomic mass is 10.1. The number of carbonyl (C=O) groups is 1. The Hall–Kier alpha value is -2.07. The fourth-order valence-electron chi connectivity index (χ4n) is 1.88. The molecule has 0 saturated carbocycles. The highest BCUT2D eigenvalue weighted by atomic mass is 16.6. The highest BCUT2D eigenvalue weighted by molar-refractivity contribution is 5.88. The van der Waals surface area contributed by atoms with E-state index in [1.54, 1.807) is 0 Å². The van der Waals surface area contributed by atoms with E-state index in [0.717, 1.165) is 16.5 Å². The molecule has 2 aromatic carbocycles. The van der Waals surface area contributed by atoms with Gasteiger partial charge in [0.2, 0.25) is 0 Å². The van der Waals surface area contributed by atoms with Gasteiger partial charge in [0, 0.05) is 12.3 Å². The minimum Gasteiger partial charge on any atom is -0.491 e. The second-order valence-corrected chi connectivity index (χ2v) is 4.28. The molecule has 2 rings (SSSR count). The topological polar surface area (TPSA) is 44.8 Å². The molecule has 0 unspecified atom stereocenters. The molecule has 0 aliphatic heterocycles. The summed E-state index contributed by atoms with van der Waals surface area (Å²) in [6.07, 6.45) is 0. The average molecular weight is 274 g/mol. The molecular formula is C16H18O4. The Balaban J connectivity index is 1.75. The van der Waals surface area contributed by atoms with Crippen molar-refractivity contribution < 1.29 is 19.0 Å². The Labute approximate surface area is 118 Å². The zero-order valence-electron chi connectivity index (χ0n) is 11.5. The largest absolute Gasteiger partial charge is 0.491 e. The maximum atomic E-state index is 10.5. The first-order valence-electron chi connectivity index (χ1n) is 6.59. The summed E-state index contributed by atoms with van der Waals surface area (Å²) in [4.78, 5) is 10.5. The highest BCUT2D eigenvalue weighted by Gasteiger charge is 2.00. The van der Waals surface area contributed by atoms with Crippen LogP contribution in [0.4, 0.5) is 0 Å². The molecule has 4 heteroatoms. The Kier molecular flexibility index (Phi) is 5.38. The van der Waals surface area contributed by atoms with Crippen LogP contribution < -0.4 is 4.74 Å². The Morgan fingerprint density at radius 2 is 1.70 bits per heavy atom. The van der Waals surface area contributed by atoms with E-state index < -0.39 is 0 Å². The van der Waals surface area contributed by atoms with Gasteiger partial charge >= 0.3 is 5.97 Å². The number of carbonyl (C=O) groups excluding carboxylic acids is 1. The third-order valence-corrected chi connectivity index (χ3v) is 2.77. The molecule has 0 N–H and O–H groups in total. The SMILES string of the molecule is CC(=O)OCCOCCOc1cccc2ccccc12. The van der Waals surface area contributed by atoms with Crippen LogP contribution in [-0.2, 0) is 14.3 Å². The van der Waals surface area contributed by atoms with Crippen LogP contribution in [0.2, 0.25) is 0 Å². The van der Waals surface area contributed by atoms with E-state index in [9.17, 15) is 4.79 Å². The number of fused-ring (bicyclic) bond motifs is 1. The number of ether oxygens (including phenoxy) is 3. The molecule has 106 valence electrons. The van der Waals surface area contributed by atoms with Crippen molar-refractivity contribution in [2.45, 2.75) is 6.92 Å². The third-order valence-electron chi connectivity index (χ3n) is 2.77. The van der Waals surface area contributed by atoms with Crippen molar-refractivity contribution in [1.82, 2.24) is 0 Å². The summed E-state index contributed by atoms with van der Waals surface area (Å²) in [5.41, 5.74) is 0. The predicted molar refractivity (Wildman–Crippen MR) is 76.9 cm³/mol. The highest BCUT2D eigenvalue weighted by Crippen LogP contribution is 2.24. The quantitative estimate of drug-likeness (QED) is 0.575. The first-order chi connectivity index (χ1) is 9.77. The summed E-state index contributed by atoms with van der Waals surface area (Å²) in [7, 11) is 0. The van der Waals surface area contributed by atoms with E-state index in [1.165, 1.54) is 6.92 Å². The van der Waals surface area contributed by atoms with Gasteiger partial charge in [-0.15, -0.1) is 0 Å². The summed E-state index contributed by atoms with van der Waals surface area (Å²) >= 11 is 0. The van der Waals surface area contributed by atoms with Crippen molar-refractivity contribution in [3.05, 3.63) is 42.5 Å². The van der Waals surface area contributed by atoms with E-state index in [2.05, 4.69) is 12.1 Å². The van der Waals surface area contributed by atoms with Crippen molar-refractivity contribution in [3.63, 3.8) is 0 Å². The molecule has 0 bridgehead atoms. The van der Waals surface area contributed by atoms with Gasteiger partial charge in [0.25, 0.3) is 0 Å². The minimum absolute atomic E-state index is 0.281. The van der Waals surface area contributed by atoms with Gasteiger partial charge in [-0.2, -0.15) is 0 Å². The lowest BCUT2D eigenvalue weighted by Crippen LogP contribution is -2.12. The van der Waals surface area contributed by atoms with Crippen LogP contribution in [0.3, 0.4) is 0 Å². The lowest BCUT2D eigenvalue weighted by Gasteiger charge is -2.09. The van der Waals surface area contributed by atoms with E-state index in [4.69, 9.17) is 14.2 Å². The second kappa shape index (κ2) is 7.50. The molecule has 0 spiro atoms. The van der Waals surface area contributed by atoms with Crippen LogP contribution in [0, 0.1) is 0 Å². The van der Waals surface area contributed by atoms with E-state index in [-0.39, 0.29) is 12.6 Å². The van der Waals surface area contributed by atoms with Gasteiger partial charge in [0.15, 0.2) is 0 Å². The van der Waals surface area contributed by atoms with E-state index >= 15 is 0 Å². The number of esters is 1. The smallest absolute Gasteiger partial charge is 0.302 e. The minimum atomic E-state index is -0.291. The van der Waals surface area contributed by atoms with Crippen LogP contribution in [0.5, 0.6) is 5.75 Å².